The highest BCUT2D eigenvalue weighted by molar-refractivity contribution is 7.71. The van der Waals surface area contributed by atoms with Crippen LogP contribution in [0.4, 0.5) is 4.79 Å². The van der Waals surface area contributed by atoms with Crippen LogP contribution in [-0.4, -0.2) is 54.8 Å². The molecule has 10 heteroatoms. The number of hydrogen-bond donors (Lipinski definition) is 1. The second-order valence-electron chi connectivity index (χ2n) is 6.94. The Kier molecular flexibility index (Phi) is 11.5. The molecule has 174 valence electrons. The summed E-state index contributed by atoms with van der Waals surface area (Å²) in [6.07, 6.45) is 0. The number of carbonyl (C=O) groups excluding carboxylic acids is 3. The van der Waals surface area contributed by atoms with Crippen molar-refractivity contribution in [1.82, 2.24) is 10.2 Å². The van der Waals surface area contributed by atoms with Gasteiger partial charge >= 0.3 is 19.2 Å². The van der Waals surface area contributed by atoms with Gasteiger partial charge in [-0.15, -0.1) is 0 Å². The summed E-state index contributed by atoms with van der Waals surface area (Å²) in [5.74, 6) is -1.51. The molecule has 0 bridgehead atoms. The number of ether oxygens (including phenoxy) is 1. The Bertz CT molecular complexity index is 760. The van der Waals surface area contributed by atoms with Crippen LogP contribution in [-0.2, 0) is 34.5 Å². The predicted molar refractivity (Wildman–Crippen MR) is 117 cm³/mol. The van der Waals surface area contributed by atoms with Crippen molar-refractivity contribution in [2.75, 3.05) is 26.4 Å². The van der Waals surface area contributed by atoms with Gasteiger partial charge in [0.2, 0.25) is 5.91 Å². The molecule has 0 fully saturated rings. The van der Waals surface area contributed by atoms with Crippen LogP contribution in [0.2, 0.25) is 0 Å². The average molecular weight is 456 g/mol. The standard InChI is InChI=1S/C21H33N2O7P/c1-6-28-18(24)14-22-20(25)19(16(4)5)23(15-17-12-10-9-11-13-17)21(26)31(27,29-7-2)30-8-3/h9-13,16,19H,6-8,14-15H2,1-5H3,(H,22,25). The molecule has 0 heterocycles. The number of esters is 1. The zero-order valence-corrected chi connectivity index (χ0v) is 19.7. The molecule has 0 spiro atoms. The maximum absolute atomic E-state index is 13.4. The van der Waals surface area contributed by atoms with E-state index in [9.17, 15) is 18.9 Å². The summed E-state index contributed by atoms with van der Waals surface area (Å²) in [4.78, 5) is 39.2. The molecule has 31 heavy (non-hydrogen) atoms. The van der Waals surface area contributed by atoms with Crippen molar-refractivity contribution in [3.8, 4) is 0 Å². The maximum Gasteiger partial charge on any atom is 0.418 e. The van der Waals surface area contributed by atoms with Crippen molar-refractivity contribution in [3.05, 3.63) is 35.9 Å². The molecule has 1 aromatic rings. The third kappa shape index (κ3) is 8.09. The van der Waals surface area contributed by atoms with Crippen LogP contribution in [0.5, 0.6) is 0 Å². The molecule has 0 saturated carbocycles. The van der Waals surface area contributed by atoms with Crippen molar-refractivity contribution >= 4 is 25.1 Å². The molecule has 0 aliphatic heterocycles. The Hall–Kier alpha value is -2.22. The van der Waals surface area contributed by atoms with Gasteiger partial charge in [0.1, 0.15) is 12.6 Å². The molecule has 0 radical (unpaired) electrons. The van der Waals surface area contributed by atoms with E-state index in [1.165, 1.54) is 4.90 Å². The summed E-state index contributed by atoms with van der Waals surface area (Å²) in [6.45, 7) is 8.25. The molecule has 1 aromatic carbocycles. The summed E-state index contributed by atoms with van der Waals surface area (Å²) in [7, 11) is -4.17. The minimum atomic E-state index is -4.17. The molecule has 1 unspecified atom stereocenters. The largest absolute Gasteiger partial charge is 0.465 e. The zero-order chi connectivity index (χ0) is 23.4. The molecular weight excluding hydrogens is 423 g/mol. The lowest BCUT2D eigenvalue weighted by molar-refractivity contribution is -0.144. The first kappa shape index (κ1) is 26.8. The highest BCUT2D eigenvalue weighted by Crippen LogP contribution is 2.51. The highest BCUT2D eigenvalue weighted by Gasteiger charge is 2.44. The second-order valence-corrected chi connectivity index (χ2v) is 8.83. The zero-order valence-electron chi connectivity index (χ0n) is 18.8. The van der Waals surface area contributed by atoms with Crippen LogP contribution >= 0.6 is 7.60 Å². The van der Waals surface area contributed by atoms with Gasteiger partial charge in [0.25, 0.3) is 0 Å². The van der Waals surface area contributed by atoms with Gasteiger partial charge in [0.05, 0.1) is 19.8 Å². The fourth-order valence-corrected chi connectivity index (χ4v) is 4.48. The van der Waals surface area contributed by atoms with Crippen LogP contribution in [0, 0.1) is 5.92 Å². The molecule has 0 aliphatic carbocycles. The first-order chi connectivity index (χ1) is 14.7. The lowest BCUT2D eigenvalue weighted by Crippen LogP contribution is -2.52. The number of hydrogen-bond acceptors (Lipinski definition) is 7. The fraction of sp³-hybridized carbons (Fsp3) is 0.571. The number of amides is 2. The molecule has 1 N–H and O–H groups in total. The van der Waals surface area contributed by atoms with Crippen LogP contribution in [0.15, 0.2) is 30.3 Å². The highest BCUT2D eigenvalue weighted by atomic mass is 31.2. The average Bonchev–Trinajstić information content (AvgIpc) is 2.72. The van der Waals surface area contributed by atoms with Crippen molar-refractivity contribution in [2.45, 2.75) is 47.2 Å². The van der Waals surface area contributed by atoms with Crippen molar-refractivity contribution in [1.29, 1.82) is 0 Å². The number of nitrogens with one attached hydrogen (secondary N) is 1. The molecular formula is C21H33N2O7P. The molecule has 0 aliphatic rings. The molecule has 0 aromatic heterocycles. The van der Waals surface area contributed by atoms with E-state index < -0.39 is 31.2 Å². The van der Waals surface area contributed by atoms with Crippen molar-refractivity contribution in [2.24, 2.45) is 5.92 Å². The first-order valence-electron chi connectivity index (χ1n) is 10.4. The van der Waals surface area contributed by atoms with Gasteiger partial charge in [0.15, 0.2) is 0 Å². The normalized spacial score (nSPS) is 12.3. The summed E-state index contributed by atoms with van der Waals surface area (Å²) in [6, 6.07) is 7.99. The van der Waals surface area contributed by atoms with E-state index in [1.807, 2.05) is 6.07 Å². The van der Waals surface area contributed by atoms with E-state index in [0.29, 0.717) is 0 Å². The van der Waals surface area contributed by atoms with Crippen LogP contribution in [0.1, 0.15) is 40.2 Å². The molecule has 2 amide bonds. The van der Waals surface area contributed by atoms with Gasteiger partial charge in [-0.1, -0.05) is 44.2 Å². The van der Waals surface area contributed by atoms with Crippen LogP contribution in [0.25, 0.3) is 0 Å². The Labute approximate surface area is 184 Å². The molecule has 1 atom stereocenters. The van der Waals surface area contributed by atoms with E-state index in [4.69, 9.17) is 13.8 Å². The van der Waals surface area contributed by atoms with E-state index in [0.717, 1.165) is 5.56 Å². The maximum atomic E-state index is 13.4. The topological polar surface area (TPSA) is 111 Å². The predicted octanol–water partition coefficient (Wildman–Crippen LogP) is 3.58. The lowest BCUT2D eigenvalue weighted by atomic mass is 10.0. The summed E-state index contributed by atoms with van der Waals surface area (Å²) in [5.41, 5.74) is -0.163. The first-order valence-corrected chi connectivity index (χ1v) is 11.9. The fourth-order valence-electron chi connectivity index (χ4n) is 2.99. The van der Waals surface area contributed by atoms with E-state index in [-0.39, 0.29) is 38.8 Å². The van der Waals surface area contributed by atoms with E-state index in [2.05, 4.69) is 5.32 Å². The Morgan fingerprint density at radius 1 is 1.00 bits per heavy atom. The van der Waals surface area contributed by atoms with Gasteiger partial charge in [0, 0.05) is 6.54 Å². The third-order valence-corrected chi connectivity index (χ3v) is 6.14. The molecule has 1 rings (SSSR count). The quantitative estimate of drug-likeness (QED) is 0.357. The summed E-state index contributed by atoms with van der Waals surface area (Å²) < 4.78 is 28.5. The Balaban J connectivity index is 3.29. The van der Waals surface area contributed by atoms with Gasteiger partial charge < -0.3 is 24.0 Å². The molecule has 0 saturated heterocycles. The summed E-state index contributed by atoms with van der Waals surface area (Å²) >= 11 is 0. The minimum Gasteiger partial charge on any atom is -0.465 e. The van der Waals surface area contributed by atoms with Crippen molar-refractivity contribution in [3.63, 3.8) is 0 Å². The van der Waals surface area contributed by atoms with Gasteiger partial charge in [-0.2, -0.15) is 0 Å². The molecule has 9 nitrogen and oxygen atoms in total. The van der Waals surface area contributed by atoms with Gasteiger partial charge in [-0.25, -0.2) is 4.57 Å². The lowest BCUT2D eigenvalue weighted by Gasteiger charge is -2.35. The Morgan fingerprint density at radius 2 is 1.58 bits per heavy atom. The van der Waals surface area contributed by atoms with Crippen molar-refractivity contribution < 1.29 is 32.7 Å². The monoisotopic (exact) mass is 456 g/mol. The van der Waals surface area contributed by atoms with Gasteiger partial charge in [-0.05, 0) is 32.3 Å². The number of carbonyl (C=O) groups is 3. The van der Waals surface area contributed by atoms with E-state index >= 15 is 0 Å². The van der Waals surface area contributed by atoms with Crippen LogP contribution < -0.4 is 5.32 Å². The van der Waals surface area contributed by atoms with Crippen LogP contribution in [0.3, 0.4) is 0 Å². The third-order valence-electron chi connectivity index (χ3n) is 4.22. The Morgan fingerprint density at radius 3 is 2.06 bits per heavy atom. The number of benzene rings is 1. The number of nitrogens with zero attached hydrogens (tertiary/aromatic N) is 1. The SMILES string of the molecule is CCOC(=O)CNC(=O)C(C(C)C)N(Cc1ccccc1)C(=O)P(=O)(OCC)OCC. The smallest absolute Gasteiger partial charge is 0.418 e. The summed E-state index contributed by atoms with van der Waals surface area (Å²) in [5, 5.41) is 2.51. The van der Waals surface area contributed by atoms with Gasteiger partial charge in [-0.3, -0.25) is 14.4 Å². The number of rotatable bonds is 13. The minimum absolute atomic E-state index is 0.00357. The second kappa shape index (κ2) is 13.2. The van der Waals surface area contributed by atoms with E-state index in [1.54, 1.807) is 58.9 Å².